The van der Waals surface area contributed by atoms with E-state index in [1.165, 1.54) is 31.0 Å². The van der Waals surface area contributed by atoms with Gasteiger partial charge in [-0.1, -0.05) is 43.9 Å². The van der Waals surface area contributed by atoms with Crippen molar-refractivity contribution in [3.8, 4) is 11.3 Å². The van der Waals surface area contributed by atoms with Crippen LogP contribution in [0.5, 0.6) is 0 Å². The van der Waals surface area contributed by atoms with E-state index < -0.39 is 23.7 Å². The Bertz CT molecular complexity index is 1200. The topological polar surface area (TPSA) is 79.3 Å². The van der Waals surface area contributed by atoms with Crippen molar-refractivity contribution in [2.75, 3.05) is 13.6 Å². The van der Waals surface area contributed by atoms with E-state index in [-0.39, 0.29) is 35.7 Å². The lowest BCUT2D eigenvalue weighted by Crippen LogP contribution is -2.45. The minimum Gasteiger partial charge on any atom is -0.353 e. The molecule has 3 fully saturated rings. The first kappa shape index (κ1) is 29.6. The molecular weight excluding hydrogens is 531 g/mol. The molecule has 7 nitrogen and oxygen atoms in total. The second-order valence-electron chi connectivity index (χ2n) is 12.1. The lowest BCUT2D eigenvalue weighted by Gasteiger charge is -2.29. The highest BCUT2D eigenvalue weighted by atomic mass is 19.4. The summed E-state index contributed by atoms with van der Waals surface area (Å²) in [6.45, 7) is 0.743. The van der Waals surface area contributed by atoms with Gasteiger partial charge in [-0.3, -0.25) is 14.3 Å². The minimum atomic E-state index is -4.53. The van der Waals surface area contributed by atoms with Crippen molar-refractivity contribution in [3.63, 3.8) is 0 Å². The fourth-order valence-electron chi connectivity index (χ4n) is 6.52. The van der Waals surface area contributed by atoms with E-state index in [9.17, 15) is 22.8 Å². The van der Waals surface area contributed by atoms with E-state index >= 15 is 0 Å². The highest BCUT2D eigenvalue weighted by Gasteiger charge is 2.35. The molecule has 2 N–H and O–H groups in total. The molecule has 1 aromatic carbocycles. The van der Waals surface area contributed by atoms with Crippen LogP contribution >= 0.6 is 0 Å². The monoisotopic (exact) mass is 573 g/mol. The summed E-state index contributed by atoms with van der Waals surface area (Å²) in [5, 5.41) is 10.7. The van der Waals surface area contributed by atoms with Crippen LogP contribution in [0.15, 0.2) is 30.3 Å². The largest absolute Gasteiger partial charge is 0.417 e. The first-order valence-corrected chi connectivity index (χ1v) is 15.3. The zero-order valence-corrected chi connectivity index (χ0v) is 23.9. The third kappa shape index (κ3) is 7.31. The number of alkyl halides is 3. The maximum atomic E-state index is 13.9. The number of carbonyl (C=O) groups excluding carboxylic acids is 2. The van der Waals surface area contributed by atoms with E-state index in [2.05, 4.69) is 27.7 Å². The van der Waals surface area contributed by atoms with E-state index in [1.54, 1.807) is 10.7 Å². The zero-order chi connectivity index (χ0) is 29.0. The summed E-state index contributed by atoms with van der Waals surface area (Å²) >= 11 is 0. The maximum Gasteiger partial charge on any atom is 0.417 e. The van der Waals surface area contributed by atoms with Crippen molar-refractivity contribution in [1.82, 2.24) is 25.3 Å². The van der Waals surface area contributed by atoms with E-state index in [1.807, 2.05) is 0 Å². The van der Waals surface area contributed by atoms with Gasteiger partial charge in [-0.05, 0) is 70.5 Å². The van der Waals surface area contributed by atoms with Gasteiger partial charge in [-0.2, -0.15) is 18.3 Å². The lowest BCUT2D eigenvalue weighted by molar-refractivity contribution is -0.137. The van der Waals surface area contributed by atoms with Gasteiger partial charge in [0.2, 0.25) is 5.91 Å². The number of halogens is 3. The normalized spacial score (nSPS) is 19.4. The van der Waals surface area contributed by atoms with Crippen LogP contribution < -0.4 is 10.6 Å². The molecule has 3 aliphatic rings. The number of benzene rings is 1. The molecular formula is C31H42F3N5O2. The molecule has 224 valence electrons. The molecule has 3 aliphatic carbocycles. The summed E-state index contributed by atoms with van der Waals surface area (Å²) in [5.41, 5.74) is -0.340. The molecule has 0 aliphatic heterocycles. The summed E-state index contributed by atoms with van der Waals surface area (Å²) in [6.07, 6.45) is 7.63. The van der Waals surface area contributed by atoms with Crippen LogP contribution in [0.3, 0.4) is 0 Å². The van der Waals surface area contributed by atoms with Crippen LogP contribution in [0.25, 0.3) is 11.3 Å². The van der Waals surface area contributed by atoms with Crippen molar-refractivity contribution in [3.05, 3.63) is 41.6 Å². The van der Waals surface area contributed by atoms with Gasteiger partial charge in [0.05, 0.1) is 17.3 Å². The van der Waals surface area contributed by atoms with Crippen molar-refractivity contribution in [2.45, 2.75) is 114 Å². The van der Waals surface area contributed by atoms with Crippen LogP contribution in [0, 0.1) is 0 Å². The van der Waals surface area contributed by atoms with E-state index in [4.69, 9.17) is 0 Å². The van der Waals surface area contributed by atoms with Gasteiger partial charge in [0, 0.05) is 36.7 Å². The highest BCUT2D eigenvalue weighted by Crippen LogP contribution is 2.40. The number of hydrogen-bond acceptors (Lipinski definition) is 4. The number of hydrogen-bond donors (Lipinski definition) is 2. The number of nitrogens with one attached hydrogen (secondary N) is 2. The minimum absolute atomic E-state index is 0.0214. The molecule has 1 unspecified atom stereocenters. The zero-order valence-electron chi connectivity index (χ0n) is 23.9. The number of carbonyl (C=O) groups is 2. The van der Waals surface area contributed by atoms with Crippen LogP contribution in [0.1, 0.15) is 106 Å². The fraction of sp³-hybridized carbons (Fsp3) is 0.645. The Morgan fingerprint density at radius 3 is 2.37 bits per heavy atom. The predicted octanol–water partition coefficient (Wildman–Crippen LogP) is 6.11. The van der Waals surface area contributed by atoms with Gasteiger partial charge in [0.25, 0.3) is 5.91 Å². The first-order valence-electron chi connectivity index (χ1n) is 15.3. The quantitative estimate of drug-likeness (QED) is 0.340. The summed E-state index contributed by atoms with van der Waals surface area (Å²) in [6, 6.07) is 7.20. The Morgan fingerprint density at radius 2 is 1.71 bits per heavy atom. The number of nitrogens with zero attached hydrogens (tertiary/aromatic N) is 3. The number of amides is 2. The molecule has 41 heavy (non-hydrogen) atoms. The Labute approximate surface area is 240 Å². The lowest BCUT2D eigenvalue weighted by atomic mass is 9.93. The molecule has 1 heterocycles. The summed E-state index contributed by atoms with van der Waals surface area (Å²) in [7, 11) is 2.09. The maximum absolute atomic E-state index is 13.9. The number of aromatic nitrogens is 2. The van der Waals surface area contributed by atoms with Gasteiger partial charge >= 0.3 is 6.18 Å². The Hall–Kier alpha value is -2.88. The van der Waals surface area contributed by atoms with Crippen LogP contribution in [0.2, 0.25) is 0 Å². The second kappa shape index (κ2) is 13.0. The summed E-state index contributed by atoms with van der Waals surface area (Å²) < 4.78 is 43.4. The van der Waals surface area contributed by atoms with Gasteiger partial charge < -0.3 is 15.5 Å². The molecule has 0 bridgehead atoms. The van der Waals surface area contributed by atoms with Crippen molar-refractivity contribution < 1.29 is 22.8 Å². The SMILES string of the molecule is CN(CCC(CC(=O)NC1CCC1)NC(=O)c1cc(-c2ccccc2C(F)(F)F)n(C2CCCC2)n1)C1CCCC1. The Kier molecular flexibility index (Phi) is 9.36. The van der Waals surface area contributed by atoms with Crippen LogP contribution in [0.4, 0.5) is 13.2 Å². The molecule has 2 amide bonds. The molecule has 1 atom stereocenters. The molecule has 1 aromatic heterocycles. The molecule has 10 heteroatoms. The average Bonchev–Trinajstić information content (AvgIpc) is 3.70. The first-order chi connectivity index (χ1) is 19.7. The standard InChI is InChI=1S/C31H42F3N5O2/c1-38(23-11-2-3-12-23)18-17-22(19-29(40)35-21-9-8-10-21)36-30(41)27-20-28(39(37-27)24-13-4-5-14-24)25-15-6-7-16-26(25)31(32,33)34/h6-7,15-16,20-24H,2-5,8-14,17-19H2,1H3,(H,35,40)(H,36,41). The molecule has 5 rings (SSSR count). The van der Waals surface area contributed by atoms with E-state index in [0.717, 1.165) is 70.4 Å². The van der Waals surface area contributed by atoms with Crippen LogP contribution in [-0.2, 0) is 11.0 Å². The Balaban J connectivity index is 1.36. The fourth-order valence-corrected chi connectivity index (χ4v) is 6.52. The van der Waals surface area contributed by atoms with Crippen molar-refractivity contribution in [1.29, 1.82) is 0 Å². The van der Waals surface area contributed by atoms with Gasteiger partial charge in [0.15, 0.2) is 5.69 Å². The molecule has 0 spiro atoms. The smallest absolute Gasteiger partial charge is 0.353 e. The average molecular weight is 574 g/mol. The highest BCUT2D eigenvalue weighted by molar-refractivity contribution is 5.94. The summed E-state index contributed by atoms with van der Waals surface area (Å²) in [4.78, 5) is 28.7. The third-order valence-corrected chi connectivity index (χ3v) is 9.16. The third-order valence-electron chi connectivity index (χ3n) is 9.16. The van der Waals surface area contributed by atoms with Gasteiger partial charge in [-0.25, -0.2) is 0 Å². The van der Waals surface area contributed by atoms with Crippen LogP contribution in [-0.4, -0.2) is 58.2 Å². The molecule has 0 radical (unpaired) electrons. The van der Waals surface area contributed by atoms with Gasteiger partial charge in [-0.15, -0.1) is 0 Å². The predicted molar refractivity (Wildman–Crippen MR) is 151 cm³/mol. The molecule has 2 aromatic rings. The second-order valence-corrected chi connectivity index (χ2v) is 12.1. The molecule has 0 saturated heterocycles. The van der Waals surface area contributed by atoms with Gasteiger partial charge in [0.1, 0.15) is 0 Å². The van der Waals surface area contributed by atoms with Crippen molar-refractivity contribution in [2.24, 2.45) is 0 Å². The number of rotatable bonds is 11. The van der Waals surface area contributed by atoms with E-state index in [0.29, 0.717) is 18.2 Å². The summed E-state index contributed by atoms with van der Waals surface area (Å²) in [5.74, 6) is -0.544. The van der Waals surface area contributed by atoms with Crippen molar-refractivity contribution >= 4 is 11.8 Å². The Morgan fingerprint density at radius 1 is 1.02 bits per heavy atom. The molecule has 3 saturated carbocycles.